The standard InChI is InChI=1S/C11H15ClS/c1-8-10(4-6-13-8)11(2)5-3-9(12)7-11/h4,6,9H,3,5,7H2,1-2H3. The van der Waals surface area contributed by atoms with Gasteiger partial charge in [0.2, 0.25) is 0 Å². The maximum atomic E-state index is 6.17. The van der Waals surface area contributed by atoms with E-state index in [1.165, 1.54) is 23.3 Å². The summed E-state index contributed by atoms with van der Waals surface area (Å²) < 4.78 is 0. The number of hydrogen-bond donors (Lipinski definition) is 0. The molecule has 0 spiro atoms. The number of alkyl halides is 1. The van der Waals surface area contributed by atoms with Crippen molar-refractivity contribution < 1.29 is 0 Å². The molecule has 2 rings (SSSR count). The summed E-state index contributed by atoms with van der Waals surface area (Å²) in [5.41, 5.74) is 1.89. The predicted octanol–water partition coefficient (Wildman–Crippen LogP) is 4.11. The lowest BCUT2D eigenvalue weighted by atomic mass is 9.81. The zero-order valence-corrected chi connectivity index (χ0v) is 9.71. The van der Waals surface area contributed by atoms with Gasteiger partial charge in [-0.05, 0) is 48.6 Å². The maximum absolute atomic E-state index is 6.17. The Labute approximate surface area is 88.9 Å². The Morgan fingerprint density at radius 1 is 1.62 bits per heavy atom. The molecule has 1 aliphatic carbocycles. The van der Waals surface area contributed by atoms with Gasteiger partial charge < -0.3 is 0 Å². The summed E-state index contributed by atoms with van der Waals surface area (Å²) >= 11 is 8.02. The molecule has 0 amide bonds. The molecule has 0 N–H and O–H groups in total. The monoisotopic (exact) mass is 214 g/mol. The first-order chi connectivity index (χ1) is 6.12. The minimum atomic E-state index is 0.358. The predicted molar refractivity (Wildman–Crippen MR) is 59.9 cm³/mol. The molecule has 1 fully saturated rings. The normalized spacial score (nSPS) is 33.9. The molecule has 0 nitrogen and oxygen atoms in total. The van der Waals surface area contributed by atoms with Crippen LogP contribution in [0.1, 0.15) is 36.6 Å². The van der Waals surface area contributed by atoms with Gasteiger partial charge in [0.05, 0.1) is 0 Å². The third kappa shape index (κ3) is 1.64. The van der Waals surface area contributed by atoms with Crippen LogP contribution in [0.5, 0.6) is 0 Å². The molecule has 0 aliphatic heterocycles. The first-order valence-corrected chi connectivity index (χ1v) is 6.12. The van der Waals surface area contributed by atoms with Crippen LogP contribution in [-0.4, -0.2) is 5.38 Å². The Kier molecular flexibility index (Phi) is 2.41. The third-order valence-electron chi connectivity index (χ3n) is 3.19. The molecule has 1 aliphatic rings. The van der Waals surface area contributed by atoms with Gasteiger partial charge >= 0.3 is 0 Å². The van der Waals surface area contributed by atoms with Gasteiger partial charge in [-0.3, -0.25) is 0 Å². The number of aryl methyl sites for hydroxylation is 1. The average molecular weight is 215 g/mol. The van der Waals surface area contributed by atoms with Crippen molar-refractivity contribution in [2.24, 2.45) is 0 Å². The molecule has 1 aromatic rings. The van der Waals surface area contributed by atoms with Gasteiger partial charge in [0.25, 0.3) is 0 Å². The Morgan fingerprint density at radius 3 is 2.85 bits per heavy atom. The number of halogens is 1. The van der Waals surface area contributed by atoms with E-state index in [0.29, 0.717) is 10.8 Å². The molecule has 1 heterocycles. The highest BCUT2D eigenvalue weighted by Crippen LogP contribution is 2.44. The van der Waals surface area contributed by atoms with Gasteiger partial charge in [-0.15, -0.1) is 22.9 Å². The number of hydrogen-bond acceptors (Lipinski definition) is 1. The Balaban J connectivity index is 2.30. The van der Waals surface area contributed by atoms with E-state index in [4.69, 9.17) is 11.6 Å². The minimum Gasteiger partial charge on any atom is -0.149 e. The Hall–Kier alpha value is -0.0100. The van der Waals surface area contributed by atoms with E-state index >= 15 is 0 Å². The topological polar surface area (TPSA) is 0 Å². The summed E-state index contributed by atoms with van der Waals surface area (Å²) in [5, 5.41) is 2.58. The molecule has 1 saturated carbocycles. The lowest BCUT2D eigenvalue weighted by molar-refractivity contribution is 0.491. The van der Waals surface area contributed by atoms with E-state index in [1.807, 2.05) is 11.3 Å². The largest absolute Gasteiger partial charge is 0.149 e. The maximum Gasteiger partial charge on any atom is 0.0344 e. The van der Waals surface area contributed by atoms with E-state index in [1.54, 1.807) is 0 Å². The summed E-state index contributed by atoms with van der Waals surface area (Å²) in [7, 11) is 0. The summed E-state index contributed by atoms with van der Waals surface area (Å²) in [6.07, 6.45) is 3.57. The van der Waals surface area contributed by atoms with Crippen LogP contribution >= 0.6 is 22.9 Å². The Bertz CT molecular complexity index is 305. The fourth-order valence-electron chi connectivity index (χ4n) is 2.42. The van der Waals surface area contributed by atoms with E-state index in [-0.39, 0.29) is 0 Å². The fourth-order valence-corrected chi connectivity index (χ4v) is 3.72. The lowest BCUT2D eigenvalue weighted by Crippen LogP contribution is -2.17. The van der Waals surface area contributed by atoms with Crippen molar-refractivity contribution in [3.05, 3.63) is 21.9 Å². The highest BCUT2D eigenvalue weighted by atomic mass is 35.5. The van der Waals surface area contributed by atoms with Crippen LogP contribution in [0.15, 0.2) is 11.4 Å². The van der Waals surface area contributed by atoms with Gasteiger partial charge in [-0.1, -0.05) is 6.92 Å². The van der Waals surface area contributed by atoms with Crippen LogP contribution in [0, 0.1) is 6.92 Å². The molecular weight excluding hydrogens is 200 g/mol. The highest BCUT2D eigenvalue weighted by Gasteiger charge is 2.36. The first kappa shape index (κ1) is 9.54. The van der Waals surface area contributed by atoms with E-state index in [2.05, 4.69) is 25.3 Å². The van der Waals surface area contributed by atoms with Crippen LogP contribution < -0.4 is 0 Å². The second kappa shape index (κ2) is 3.29. The van der Waals surface area contributed by atoms with Crippen molar-refractivity contribution in [1.82, 2.24) is 0 Å². The number of rotatable bonds is 1. The number of thiophene rings is 1. The van der Waals surface area contributed by atoms with Gasteiger partial charge in [0, 0.05) is 10.3 Å². The minimum absolute atomic E-state index is 0.358. The summed E-state index contributed by atoms with van der Waals surface area (Å²) in [5.74, 6) is 0. The molecule has 0 bridgehead atoms. The molecule has 0 radical (unpaired) electrons. The summed E-state index contributed by atoms with van der Waals surface area (Å²) in [6.45, 7) is 4.57. The first-order valence-electron chi connectivity index (χ1n) is 4.80. The zero-order chi connectivity index (χ0) is 9.47. The molecular formula is C11H15ClS. The van der Waals surface area contributed by atoms with Gasteiger partial charge in [0.15, 0.2) is 0 Å². The molecule has 2 unspecified atom stereocenters. The van der Waals surface area contributed by atoms with Crippen LogP contribution in [0.2, 0.25) is 0 Å². The molecule has 1 aromatic heterocycles. The quantitative estimate of drug-likeness (QED) is 0.618. The molecule has 2 heteroatoms. The zero-order valence-electron chi connectivity index (χ0n) is 8.14. The van der Waals surface area contributed by atoms with Crippen molar-refractivity contribution in [2.75, 3.05) is 0 Å². The van der Waals surface area contributed by atoms with Gasteiger partial charge in [0.1, 0.15) is 0 Å². The van der Waals surface area contributed by atoms with Crippen molar-refractivity contribution in [3.8, 4) is 0 Å². The second-order valence-electron chi connectivity index (χ2n) is 4.29. The lowest BCUT2D eigenvalue weighted by Gasteiger charge is -2.23. The van der Waals surface area contributed by atoms with E-state index < -0.39 is 0 Å². The Morgan fingerprint density at radius 2 is 2.38 bits per heavy atom. The van der Waals surface area contributed by atoms with Crippen molar-refractivity contribution in [1.29, 1.82) is 0 Å². The van der Waals surface area contributed by atoms with Crippen molar-refractivity contribution >= 4 is 22.9 Å². The van der Waals surface area contributed by atoms with E-state index in [9.17, 15) is 0 Å². The van der Waals surface area contributed by atoms with Crippen LogP contribution in [0.3, 0.4) is 0 Å². The van der Waals surface area contributed by atoms with Crippen molar-refractivity contribution in [3.63, 3.8) is 0 Å². The van der Waals surface area contributed by atoms with Crippen LogP contribution in [0.4, 0.5) is 0 Å². The van der Waals surface area contributed by atoms with Crippen LogP contribution in [-0.2, 0) is 5.41 Å². The van der Waals surface area contributed by atoms with Crippen LogP contribution in [0.25, 0.3) is 0 Å². The second-order valence-corrected chi connectivity index (χ2v) is 6.03. The fraction of sp³-hybridized carbons (Fsp3) is 0.636. The smallest absolute Gasteiger partial charge is 0.0344 e. The van der Waals surface area contributed by atoms with Gasteiger partial charge in [-0.25, -0.2) is 0 Å². The SMILES string of the molecule is Cc1sccc1C1(C)CCC(Cl)C1. The highest BCUT2D eigenvalue weighted by molar-refractivity contribution is 7.10. The summed E-state index contributed by atoms with van der Waals surface area (Å²) in [4.78, 5) is 1.47. The molecule has 13 heavy (non-hydrogen) atoms. The van der Waals surface area contributed by atoms with Gasteiger partial charge in [-0.2, -0.15) is 0 Å². The van der Waals surface area contributed by atoms with Crippen molar-refractivity contribution in [2.45, 2.75) is 43.9 Å². The summed E-state index contributed by atoms with van der Waals surface area (Å²) in [6, 6.07) is 2.27. The third-order valence-corrected chi connectivity index (χ3v) is 4.41. The molecule has 72 valence electrons. The molecule has 0 aromatic carbocycles. The molecule has 0 saturated heterocycles. The average Bonchev–Trinajstić information content (AvgIpc) is 2.59. The molecule has 2 atom stereocenters. The van der Waals surface area contributed by atoms with E-state index in [0.717, 1.165) is 6.42 Å².